The lowest BCUT2D eigenvalue weighted by molar-refractivity contribution is 0.174. The lowest BCUT2D eigenvalue weighted by Crippen LogP contribution is -2.22. The van der Waals surface area contributed by atoms with Crippen LogP contribution in [-0.4, -0.2) is 18.2 Å². The summed E-state index contributed by atoms with van der Waals surface area (Å²) in [5.41, 5.74) is 0.941. The van der Waals surface area contributed by atoms with Crippen molar-refractivity contribution in [2.45, 2.75) is 19.4 Å². The van der Waals surface area contributed by atoms with Crippen molar-refractivity contribution in [2.75, 3.05) is 13.1 Å². The predicted molar refractivity (Wildman–Crippen MR) is 62.3 cm³/mol. The molecule has 0 aliphatic rings. The Bertz CT molecular complexity index is 278. The van der Waals surface area contributed by atoms with E-state index in [1.54, 1.807) is 0 Å². The van der Waals surface area contributed by atoms with E-state index in [4.69, 9.17) is 0 Å². The molecule has 0 aliphatic carbocycles. The smallest absolute Gasteiger partial charge is 0.0925 e. The minimum atomic E-state index is -0.433. The van der Waals surface area contributed by atoms with Crippen LogP contribution in [0.3, 0.4) is 0 Å². The van der Waals surface area contributed by atoms with Crippen LogP contribution in [0.1, 0.15) is 25.0 Å². The molecule has 1 aromatic carbocycles. The second-order valence-corrected chi connectivity index (χ2v) is 4.10. The number of halogens is 1. The van der Waals surface area contributed by atoms with Crippen molar-refractivity contribution in [3.63, 3.8) is 0 Å². The van der Waals surface area contributed by atoms with Crippen LogP contribution < -0.4 is 5.32 Å². The van der Waals surface area contributed by atoms with E-state index in [0.717, 1.165) is 23.0 Å². The summed E-state index contributed by atoms with van der Waals surface area (Å²) in [6.45, 7) is 3.66. The second kappa shape index (κ2) is 6.17. The van der Waals surface area contributed by atoms with Gasteiger partial charge in [-0.25, -0.2) is 0 Å². The zero-order valence-electron chi connectivity index (χ0n) is 8.33. The molecule has 0 amide bonds. The van der Waals surface area contributed by atoms with Crippen LogP contribution in [0.5, 0.6) is 0 Å². The zero-order chi connectivity index (χ0) is 10.4. The van der Waals surface area contributed by atoms with Crippen molar-refractivity contribution in [1.82, 2.24) is 5.32 Å². The van der Waals surface area contributed by atoms with Gasteiger partial charge < -0.3 is 10.4 Å². The number of nitrogens with one attached hydrogen (secondary N) is 1. The fraction of sp³-hybridized carbons (Fsp3) is 0.455. The van der Waals surface area contributed by atoms with Crippen LogP contribution in [0.2, 0.25) is 0 Å². The number of hydrogen-bond donors (Lipinski definition) is 2. The summed E-state index contributed by atoms with van der Waals surface area (Å²) in [6, 6.07) is 7.75. The van der Waals surface area contributed by atoms with Gasteiger partial charge in [-0.2, -0.15) is 0 Å². The average Bonchev–Trinajstić information content (AvgIpc) is 2.18. The monoisotopic (exact) mass is 257 g/mol. The van der Waals surface area contributed by atoms with Gasteiger partial charge in [0.15, 0.2) is 0 Å². The van der Waals surface area contributed by atoms with Crippen molar-refractivity contribution in [1.29, 1.82) is 0 Å². The molecule has 0 radical (unpaired) electrons. The molecule has 0 heterocycles. The first kappa shape index (κ1) is 11.7. The third-order valence-corrected chi connectivity index (χ3v) is 2.75. The van der Waals surface area contributed by atoms with Crippen molar-refractivity contribution in [3.8, 4) is 0 Å². The molecule has 0 fully saturated rings. The van der Waals surface area contributed by atoms with Gasteiger partial charge in [-0.05, 0) is 24.6 Å². The Balaban J connectivity index is 2.51. The van der Waals surface area contributed by atoms with E-state index < -0.39 is 6.10 Å². The van der Waals surface area contributed by atoms with Crippen LogP contribution >= 0.6 is 15.9 Å². The molecule has 2 nitrogen and oxygen atoms in total. The minimum absolute atomic E-state index is 0.433. The van der Waals surface area contributed by atoms with Gasteiger partial charge in [-0.1, -0.05) is 41.1 Å². The van der Waals surface area contributed by atoms with Crippen LogP contribution in [0.4, 0.5) is 0 Å². The Labute approximate surface area is 93.5 Å². The van der Waals surface area contributed by atoms with E-state index in [1.165, 1.54) is 0 Å². The highest BCUT2D eigenvalue weighted by atomic mass is 79.9. The van der Waals surface area contributed by atoms with Crippen molar-refractivity contribution < 1.29 is 5.11 Å². The van der Waals surface area contributed by atoms with Gasteiger partial charge in [-0.15, -0.1) is 0 Å². The molecule has 1 unspecified atom stereocenters. The molecule has 0 spiro atoms. The molecule has 78 valence electrons. The predicted octanol–water partition coefficient (Wildman–Crippen LogP) is 2.48. The number of aliphatic hydroxyl groups excluding tert-OH is 1. The fourth-order valence-electron chi connectivity index (χ4n) is 1.27. The summed E-state index contributed by atoms with van der Waals surface area (Å²) in [7, 11) is 0. The van der Waals surface area contributed by atoms with Crippen LogP contribution in [0, 0.1) is 0 Å². The highest BCUT2D eigenvalue weighted by Gasteiger charge is 2.09. The SMILES string of the molecule is CCCNCC(O)c1ccccc1Br. The van der Waals surface area contributed by atoms with E-state index in [9.17, 15) is 5.11 Å². The Kier molecular flexibility index (Phi) is 5.15. The van der Waals surface area contributed by atoms with Gasteiger partial charge in [0, 0.05) is 11.0 Å². The van der Waals surface area contributed by atoms with Gasteiger partial charge in [-0.3, -0.25) is 0 Å². The summed E-state index contributed by atoms with van der Waals surface area (Å²) in [5.74, 6) is 0. The molecule has 14 heavy (non-hydrogen) atoms. The Morgan fingerprint density at radius 2 is 2.14 bits per heavy atom. The molecule has 0 bridgehead atoms. The average molecular weight is 258 g/mol. The van der Waals surface area contributed by atoms with Gasteiger partial charge >= 0.3 is 0 Å². The van der Waals surface area contributed by atoms with Crippen LogP contribution in [0.25, 0.3) is 0 Å². The number of benzene rings is 1. The maximum absolute atomic E-state index is 9.84. The normalized spacial score (nSPS) is 12.8. The van der Waals surface area contributed by atoms with Gasteiger partial charge in [0.25, 0.3) is 0 Å². The Morgan fingerprint density at radius 3 is 2.79 bits per heavy atom. The van der Waals surface area contributed by atoms with Crippen LogP contribution in [0.15, 0.2) is 28.7 Å². The van der Waals surface area contributed by atoms with Crippen molar-refractivity contribution in [2.24, 2.45) is 0 Å². The first-order valence-corrected chi connectivity index (χ1v) is 5.68. The molecule has 0 saturated carbocycles. The third-order valence-electron chi connectivity index (χ3n) is 2.03. The number of hydrogen-bond acceptors (Lipinski definition) is 2. The first-order valence-electron chi connectivity index (χ1n) is 4.89. The standard InChI is InChI=1S/C11H16BrNO/c1-2-7-13-8-11(14)9-5-3-4-6-10(9)12/h3-6,11,13-14H,2,7-8H2,1H3. The summed E-state index contributed by atoms with van der Waals surface area (Å²) in [4.78, 5) is 0. The summed E-state index contributed by atoms with van der Waals surface area (Å²) < 4.78 is 0.964. The van der Waals surface area contributed by atoms with Crippen molar-refractivity contribution in [3.05, 3.63) is 34.3 Å². The number of aliphatic hydroxyl groups is 1. The van der Waals surface area contributed by atoms with Gasteiger partial charge in [0.05, 0.1) is 6.10 Å². The maximum Gasteiger partial charge on any atom is 0.0925 e. The molecule has 1 aromatic rings. The molecular weight excluding hydrogens is 242 g/mol. The fourth-order valence-corrected chi connectivity index (χ4v) is 1.82. The van der Waals surface area contributed by atoms with E-state index in [0.29, 0.717) is 6.54 Å². The lowest BCUT2D eigenvalue weighted by Gasteiger charge is -2.13. The summed E-state index contributed by atoms with van der Waals surface area (Å²) in [5, 5.41) is 13.0. The van der Waals surface area contributed by atoms with E-state index >= 15 is 0 Å². The molecule has 0 aliphatic heterocycles. The maximum atomic E-state index is 9.84. The molecule has 2 N–H and O–H groups in total. The van der Waals surface area contributed by atoms with Gasteiger partial charge in [0.2, 0.25) is 0 Å². The minimum Gasteiger partial charge on any atom is -0.387 e. The second-order valence-electron chi connectivity index (χ2n) is 3.24. The molecule has 3 heteroatoms. The first-order chi connectivity index (χ1) is 6.75. The number of rotatable bonds is 5. The Morgan fingerprint density at radius 1 is 1.43 bits per heavy atom. The zero-order valence-corrected chi connectivity index (χ0v) is 9.92. The highest BCUT2D eigenvalue weighted by molar-refractivity contribution is 9.10. The highest BCUT2D eigenvalue weighted by Crippen LogP contribution is 2.22. The quantitative estimate of drug-likeness (QED) is 0.795. The van der Waals surface area contributed by atoms with E-state index in [-0.39, 0.29) is 0 Å². The topological polar surface area (TPSA) is 32.3 Å². The lowest BCUT2D eigenvalue weighted by atomic mass is 10.1. The molecule has 1 atom stereocenters. The van der Waals surface area contributed by atoms with E-state index in [2.05, 4.69) is 28.2 Å². The van der Waals surface area contributed by atoms with Crippen molar-refractivity contribution >= 4 is 15.9 Å². The van der Waals surface area contributed by atoms with Crippen LogP contribution in [-0.2, 0) is 0 Å². The largest absolute Gasteiger partial charge is 0.387 e. The summed E-state index contributed by atoms with van der Waals surface area (Å²) in [6.07, 6.45) is 0.653. The molecular formula is C11H16BrNO. The third kappa shape index (κ3) is 3.40. The summed E-state index contributed by atoms with van der Waals surface area (Å²) >= 11 is 3.42. The molecule has 0 aromatic heterocycles. The molecule has 0 saturated heterocycles. The molecule has 1 rings (SSSR count). The Hall–Kier alpha value is -0.380. The van der Waals surface area contributed by atoms with E-state index in [1.807, 2.05) is 24.3 Å². The van der Waals surface area contributed by atoms with Gasteiger partial charge in [0.1, 0.15) is 0 Å².